The first-order valence-corrected chi connectivity index (χ1v) is 8.28. The normalized spacial score (nSPS) is 10.2. The highest BCUT2D eigenvalue weighted by molar-refractivity contribution is 5.92. The molecule has 0 aliphatic heterocycles. The Hall–Kier alpha value is -2.83. The van der Waals surface area contributed by atoms with Crippen molar-refractivity contribution >= 4 is 17.5 Å². The van der Waals surface area contributed by atoms with Crippen LogP contribution in [0.4, 0.5) is 11.6 Å². The minimum Gasteiger partial charge on any atom is -0.497 e. The molecule has 25 heavy (non-hydrogen) atoms. The first-order valence-electron chi connectivity index (χ1n) is 8.28. The number of nitrogens with one attached hydrogen (secondary N) is 2. The van der Waals surface area contributed by atoms with Crippen LogP contribution in [0.3, 0.4) is 0 Å². The van der Waals surface area contributed by atoms with Crippen LogP contribution < -0.4 is 20.1 Å². The molecule has 0 saturated heterocycles. The summed E-state index contributed by atoms with van der Waals surface area (Å²) >= 11 is 0. The Morgan fingerprint density at radius 2 is 2.00 bits per heavy atom. The van der Waals surface area contributed by atoms with E-state index < -0.39 is 0 Å². The summed E-state index contributed by atoms with van der Waals surface area (Å²) in [5.74, 6) is 1.40. The number of nitrogens with zero attached hydrogens (tertiary/aromatic N) is 2. The Bertz CT molecular complexity index is 706. The lowest BCUT2D eigenvalue weighted by Gasteiger charge is -2.12. The zero-order valence-electron chi connectivity index (χ0n) is 14.8. The Morgan fingerprint density at radius 1 is 1.16 bits per heavy atom. The topological polar surface area (TPSA) is 85.4 Å². The maximum Gasteiger partial charge on any atom is 0.270 e. The zero-order valence-corrected chi connectivity index (χ0v) is 14.8. The average Bonchev–Trinajstić information content (AvgIpc) is 2.65. The molecule has 0 aliphatic rings. The number of unbranched alkanes of at least 4 members (excludes halogenated alkanes) is 2. The number of benzene rings is 1. The molecule has 1 amide bonds. The molecule has 2 rings (SSSR count). The molecule has 0 atom stereocenters. The van der Waals surface area contributed by atoms with Crippen molar-refractivity contribution in [1.82, 2.24) is 15.3 Å². The smallest absolute Gasteiger partial charge is 0.270 e. The highest BCUT2D eigenvalue weighted by atomic mass is 16.5. The van der Waals surface area contributed by atoms with Gasteiger partial charge in [0.2, 0.25) is 5.95 Å². The van der Waals surface area contributed by atoms with Crippen LogP contribution in [0.5, 0.6) is 11.5 Å². The summed E-state index contributed by atoms with van der Waals surface area (Å²) in [5.41, 5.74) is 1.00. The molecule has 0 radical (unpaired) electrons. The molecule has 0 aliphatic carbocycles. The average molecular weight is 344 g/mol. The minimum atomic E-state index is -0.205. The summed E-state index contributed by atoms with van der Waals surface area (Å²) in [5, 5.41) is 5.93. The van der Waals surface area contributed by atoms with Crippen LogP contribution in [-0.2, 0) is 0 Å². The van der Waals surface area contributed by atoms with E-state index in [4.69, 9.17) is 9.47 Å². The van der Waals surface area contributed by atoms with Crippen LogP contribution in [0, 0.1) is 0 Å². The molecule has 134 valence electrons. The van der Waals surface area contributed by atoms with Gasteiger partial charge < -0.3 is 20.1 Å². The van der Waals surface area contributed by atoms with Gasteiger partial charge in [-0.15, -0.1) is 0 Å². The SMILES string of the molecule is CCCCCNC(=O)c1ccnc(Nc2ccc(OC)cc2OC)n1. The lowest BCUT2D eigenvalue weighted by Crippen LogP contribution is -2.25. The molecular formula is C18H24N4O3. The van der Waals surface area contributed by atoms with E-state index in [-0.39, 0.29) is 5.91 Å². The fourth-order valence-electron chi connectivity index (χ4n) is 2.24. The molecule has 7 nitrogen and oxygen atoms in total. The van der Waals surface area contributed by atoms with Crippen molar-refractivity contribution in [1.29, 1.82) is 0 Å². The maximum absolute atomic E-state index is 12.1. The van der Waals surface area contributed by atoms with Gasteiger partial charge in [0.15, 0.2) is 0 Å². The van der Waals surface area contributed by atoms with Crippen molar-refractivity contribution in [2.75, 3.05) is 26.1 Å². The van der Waals surface area contributed by atoms with Crippen LogP contribution in [0.2, 0.25) is 0 Å². The van der Waals surface area contributed by atoms with Gasteiger partial charge in [0, 0.05) is 18.8 Å². The summed E-state index contributed by atoms with van der Waals surface area (Å²) in [7, 11) is 3.16. The van der Waals surface area contributed by atoms with E-state index in [2.05, 4.69) is 27.5 Å². The molecule has 2 aromatic rings. The van der Waals surface area contributed by atoms with Gasteiger partial charge in [-0.2, -0.15) is 0 Å². The Labute approximate surface area is 147 Å². The van der Waals surface area contributed by atoms with Crippen molar-refractivity contribution in [3.05, 3.63) is 36.2 Å². The molecular weight excluding hydrogens is 320 g/mol. The highest BCUT2D eigenvalue weighted by Gasteiger charge is 2.10. The summed E-state index contributed by atoms with van der Waals surface area (Å²) < 4.78 is 10.5. The second kappa shape index (κ2) is 9.46. The van der Waals surface area contributed by atoms with Gasteiger partial charge in [0.25, 0.3) is 5.91 Å². The summed E-state index contributed by atoms with van der Waals surface area (Å²) in [6.45, 7) is 2.77. The monoisotopic (exact) mass is 344 g/mol. The number of carbonyl (C=O) groups is 1. The number of aromatic nitrogens is 2. The number of ether oxygens (including phenoxy) is 2. The van der Waals surface area contributed by atoms with E-state index in [0.717, 1.165) is 19.3 Å². The molecule has 1 heterocycles. The molecule has 0 saturated carbocycles. The predicted molar refractivity (Wildman–Crippen MR) is 96.7 cm³/mol. The summed E-state index contributed by atoms with van der Waals surface area (Å²) in [4.78, 5) is 20.6. The third-order valence-corrected chi connectivity index (χ3v) is 3.61. The van der Waals surface area contributed by atoms with Crippen molar-refractivity contribution in [2.45, 2.75) is 26.2 Å². The molecule has 0 fully saturated rings. The standard InChI is InChI=1S/C18H24N4O3/c1-4-5-6-10-19-17(23)15-9-11-20-18(22-15)21-14-8-7-13(24-2)12-16(14)25-3/h7-9,11-12H,4-6,10H2,1-3H3,(H,19,23)(H,20,21,22). The molecule has 1 aromatic heterocycles. The number of methoxy groups -OCH3 is 2. The second-order valence-corrected chi connectivity index (χ2v) is 5.42. The van der Waals surface area contributed by atoms with Crippen molar-refractivity contribution in [3.63, 3.8) is 0 Å². The molecule has 7 heteroatoms. The van der Waals surface area contributed by atoms with Crippen LogP contribution in [0.25, 0.3) is 0 Å². The van der Waals surface area contributed by atoms with E-state index in [1.54, 1.807) is 44.7 Å². The molecule has 0 unspecified atom stereocenters. The van der Waals surface area contributed by atoms with Gasteiger partial charge in [-0.3, -0.25) is 4.79 Å². The van der Waals surface area contributed by atoms with Crippen LogP contribution in [0.15, 0.2) is 30.5 Å². The number of rotatable bonds is 9. The number of carbonyl (C=O) groups excluding carboxylic acids is 1. The first-order chi connectivity index (χ1) is 12.2. The number of anilines is 2. The number of amides is 1. The highest BCUT2D eigenvalue weighted by Crippen LogP contribution is 2.30. The molecule has 0 spiro atoms. The van der Waals surface area contributed by atoms with Crippen molar-refractivity contribution in [3.8, 4) is 11.5 Å². The van der Waals surface area contributed by atoms with Gasteiger partial charge >= 0.3 is 0 Å². The minimum absolute atomic E-state index is 0.205. The first kappa shape index (κ1) is 18.5. The van der Waals surface area contributed by atoms with Gasteiger partial charge in [-0.05, 0) is 24.6 Å². The lowest BCUT2D eigenvalue weighted by molar-refractivity contribution is 0.0948. The summed E-state index contributed by atoms with van der Waals surface area (Å²) in [6.07, 6.45) is 4.71. The summed E-state index contributed by atoms with van der Waals surface area (Å²) in [6, 6.07) is 6.95. The van der Waals surface area contributed by atoms with Gasteiger partial charge in [0.05, 0.1) is 19.9 Å². The Morgan fingerprint density at radius 3 is 2.72 bits per heavy atom. The fraction of sp³-hybridized carbons (Fsp3) is 0.389. The van der Waals surface area contributed by atoms with E-state index in [9.17, 15) is 4.79 Å². The van der Waals surface area contributed by atoms with Gasteiger partial charge in [-0.1, -0.05) is 19.8 Å². The van der Waals surface area contributed by atoms with Crippen molar-refractivity contribution in [2.24, 2.45) is 0 Å². The molecule has 2 N–H and O–H groups in total. The van der Waals surface area contributed by atoms with Crippen LogP contribution >= 0.6 is 0 Å². The Kier molecular flexibility index (Phi) is 7.00. The Balaban J connectivity index is 2.07. The number of hydrogen-bond donors (Lipinski definition) is 2. The number of hydrogen-bond acceptors (Lipinski definition) is 6. The van der Waals surface area contributed by atoms with Crippen LogP contribution in [-0.4, -0.2) is 36.6 Å². The van der Waals surface area contributed by atoms with Gasteiger partial charge in [0.1, 0.15) is 17.2 Å². The molecule has 0 bridgehead atoms. The maximum atomic E-state index is 12.1. The lowest BCUT2D eigenvalue weighted by atomic mass is 10.2. The van der Waals surface area contributed by atoms with E-state index >= 15 is 0 Å². The van der Waals surface area contributed by atoms with Gasteiger partial charge in [-0.25, -0.2) is 9.97 Å². The largest absolute Gasteiger partial charge is 0.497 e. The predicted octanol–water partition coefficient (Wildman–Crippen LogP) is 3.16. The van der Waals surface area contributed by atoms with Crippen LogP contribution in [0.1, 0.15) is 36.7 Å². The fourth-order valence-corrected chi connectivity index (χ4v) is 2.24. The third-order valence-electron chi connectivity index (χ3n) is 3.61. The van der Waals surface area contributed by atoms with E-state index in [1.807, 2.05) is 0 Å². The van der Waals surface area contributed by atoms with E-state index in [0.29, 0.717) is 35.4 Å². The zero-order chi connectivity index (χ0) is 18.1. The van der Waals surface area contributed by atoms with Crippen molar-refractivity contribution < 1.29 is 14.3 Å². The third kappa shape index (κ3) is 5.34. The second-order valence-electron chi connectivity index (χ2n) is 5.42. The molecule has 1 aromatic carbocycles. The quantitative estimate of drug-likeness (QED) is 0.680. The van der Waals surface area contributed by atoms with E-state index in [1.165, 1.54) is 0 Å².